The zero-order valence-electron chi connectivity index (χ0n) is 12.1. The zero-order valence-corrected chi connectivity index (χ0v) is 13.7. The molecular weight excluding hydrogens is 272 g/mol. The van der Waals surface area contributed by atoms with E-state index in [1.807, 2.05) is 7.05 Å². The van der Waals surface area contributed by atoms with Gasteiger partial charge in [0.05, 0.1) is 10.7 Å². The first kappa shape index (κ1) is 14.7. The molecule has 104 valence electrons. The van der Waals surface area contributed by atoms with Crippen molar-refractivity contribution in [3.63, 3.8) is 0 Å². The summed E-state index contributed by atoms with van der Waals surface area (Å²) in [5.74, 6) is 0. The number of rotatable bonds is 5. The molecule has 2 aromatic heterocycles. The smallest absolute Gasteiger partial charge is 0.0944 e. The van der Waals surface area contributed by atoms with Crippen LogP contribution < -0.4 is 5.32 Å². The Kier molecular flexibility index (Phi) is 4.76. The van der Waals surface area contributed by atoms with Gasteiger partial charge in [-0.1, -0.05) is 20.8 Å². The molecule has 0 aliphatic rings. The monoisotopic (exact) mass is 294 g/mol. The largest absolute Gasteiger partial charge is 0.316 e. The van der Waals surface area contributed by atoms with Crippen LogP contribution in [0.3, 0.4) is 0 Å². The van der Waals surface area contributed by atoms with Gasteiger partial charge in [0.2, 0.25) is 0 Å². The predicted molar refractivity (Wildman–Crippen MR) is 85.4 cm³/mol. The number of likely N-dealkylation sites (N-methyl/N-ethyl adjacent to an activating group) is 1. The lowest BCUT2D eigenvalue weighted by Crippen LogP contribution is -2.29. The first-order valence-electron chi connectivity index (χ1n) is 6.62. The molecule has 19 heavy (non-hydrogen) atoms. The minimum Gasteiger partial charge on any atom is -0.316 e. The van der Waals surface area contributed by atoms with E-state index in [0.717, 1.165) is 12.8 Å². The van der Waals surface area contributed by atoms with Crippen LogP contribution in [0.1, 0.15) is 37.0 Å². The lowest BCUT2D eigenvalue weighted by atomic mass is 9.93. The molecule has 0 amide bonds. The van der Waals surface area contributed by atoms with Gasteiger partial charge in [-0.05, 0) is 35.9 Å². The maximum Gasteiger partial charge on any atom is 0.0944 e. The van der Waals surface area contributed by atoms with Gasteiger partial charge in [-0.15, -0.1) is 11.3 Å². The number of thiophene rings is 1. The minimum atomic E-state index is 0.150. The Hall–Kier alpha value is -0.710. The van der Waals surface area contributed by atoms with Gasteiger partial charge in [-0.2, -0.15) is 11.3 Å². The average Bonchev–Trinajstić information content (AvgIpc) is 2.98. The summed E-state index contributed by atoms with van der Waals surface area (Å²) < 4.78 is 0. The highest BCUT2D eigenvalue weighted by Crippen LogP contribution is 2.24. The van der Waals surface area contributed by atoms with Crippen LogP contribution in [-0.2, 0) is 18.3 Å². The van der Waals surface area contributed by atoms with Crippen molar-refractivity contribution < 1.29 is 0 Å². The van der Waals surface area contributed by atoms with Crippen molar-refractivity contribution in [2.45, 2.75) is 45.1 Å². The summed E-state index contributed by atoms with van der Waals surface area (Å²) >= 11 is 3.55. The highest BCUT2D eigenvalue weighted by atomic mass is 32.1. The van der Waals surface area contributed by atoms with E-state index in [1.54, 1.807) is 22.7 Å². The van der Waals surface area contributed by atoms with Crippen LogP contribution >= 0.6 is 22.7 Å². The highest BCUT2D eigenvalue weighted by molar-refractivity contribution is 7.09. The lowest BCUT2D eigenvalue weighted by molar-refractivity contribution is 0.544. The summed E-state index contributed by atoms with van der Waals surface area (Å²) in [6.45, 7) is 6.65. The van der Waals surface area contributed by atoms with Gasteiger partial charge in [-0.3, -0.25) is 0 Å². The predicted octanol–water partition coefficient (Wildman–Crippen LogP) is 3.88. The summed E-state index contributed by atoms with van der Waals surface area (Å²) in [5.41, 5.74) is 2.77. The zero-order chi connectivity index (χ0) is 13.9. The molecule has 2 heterocycles. The van der Waals surface area contributed by atoms with Crippen LogP contribution in [0.25, 0.3) is 0 Å². The molecule has 0 spiro atoms. The van der Waals surface area contributed by atoms with E-state index >= 15 is 0 Å². The molecule has 4 heteroatoms. The number of hydrogen-bond donors (Lipinski definition) is 1. The molecule has 0 aromatic carbocycles. The van der Waals surface area contributed by atoms with Crippen LogP contribution in [0.4, 0.5) is 0 Å². The van der Waals surface area contributed by atoms with Gasteiger partial charge in [0.25, 0.3) is 0 Å². The summed E-state index contributed by atoms with van der Waals surface area (Å²) in [4.78, 5) is 4.78. The van der Waals surface area contributed by atoms with Crippen LogP contribution in [0.5, 0.6) is 0 Å². The summed E-state index contributed by atoms with van der Waals surface area (Å²) in [7, 11) is 2.04. The molecule has 0 saturated heterocycles. The van der Waals surface area contributed by atoms with Crippen LogP contribution in [-0.4, -0.2) is 18.1 Å². The van der Waals surface area contributed by atoms with Gasteiger partial charge in [0, 0.05) is 23.3 Å². The highest BCUT2D eigenvalue weighted by Gasteiger charge is 2.18. The standard InChI is InChI=1S/C15H22N2S2/c1-15(2,3)13-10-19-14(17-13)8-12(16-4)7-11-5-6-18-9-11/h5-6,9-10,12,16H,7-8H2,1-4H3. The molecule has 0 aliphatic carbocycles. The molecule has 0 radical (unpaired) electrons. The van der Waals surface area contributed by atoms with E-state index in [2.05, 4.69) is 48.3 Å². The number of thiazole rings is 1. The normalized spacial score (nSPS) is 13.7. The first-order chi connectivity index (χ1) is 8.99. The van der Waals surface area contributed by atoms with E-state index in [-0.39, 0.29) is 5.41 Å². The van der Waals surface area contributed by atoms with E-state index in [1.165, 1.54) is 16.3 Å². The van der Waals surface area contributed by atoms with Crippen LogP contribution in [0.15, 0.2) is 22.2 Å². The van der Waals surface area contributed by atoms with Crippen molar-refractivity contribution in [1.29, 1.82) is 0 Å². The Morgan fingerprint density at radius 1 is 1.26 bits per heavy atom. The fraction of sp³-hybridized carbons (Fsp3) is 0.533. The SMILES string of the molecule is CNC(Cc1ccsc1)Cc1nc(C(C)(C)C)cs1. The van der Waals surface area contributed by atoms with Crippen molar-refractivity contribution in [3.05, 3.63) is 38.5 Å². The molecule has 2 rings (SSSR count). The summed E-state index contributed by atoms with van der Waals surface area (Å²) in [5, 5.41) is 11.2. The number of hydrogen-bond acceptors (Lipinski definition) is 4. The van der Waals surface area contributed by atoms with E-state index in [9.17, 15) is 0 Å². The quantitative estimate of drug-likeness (QED) is 0.905. The molecule has 1 atom stereocenters. The third-order valence-electron chi connectivity index (χ3n) is 3.21. The van der Waals surface area contributed by atoms with E-state index < -0.39 is 0 Å². The second-order valence-corrected chi connectivity index (χ2v) is 7.62. The minimum absolute atomic E-state index is 0.150. The number of nitrogens with one attached hydrogen (secondary N) is 1. The molecular formula is C15H22N2S2. The van der Waals surface area contributed by atoms with Crippen LogP contribution in [0, 0.1) is 0 Å². The third kappa shape index (κ3) is 4.13. The third-order valence-corrected chi connectivity index (χ3v) is 4.81. The van der Waals surface area contributed by atoms with E-state index in [4.69, 9.17) is 4.98 Å². The maximum atomic E-state index is 4.78. The van der Waals surface area contributed by atoms with Crippen molar-refractivity contribution in [1.82, 2.24) is 10.3 Å². The van der Waals surface area contributed by atoms with Crippen molar-refractivity contribution in [3.8, 4) is 0 Å². The van der Waals surface area contributed by atoms with Gasteiger partial charge < -0.3 is 5.32 Å². The van der Waals surface area contributed by atoms with Crippen molar-refractivity contribution in [2.24, 2.45) is 0 Å². The fourth-order valence-electron chi connectivity index (χ4n) is 1.93. The summed E-state index contributed by atoms with van der Waals surface area (Å²) in [6.07, 6.45) is 2.08. The Balaban J connectivity index is 2.00. The maximum absolute atomic E-state index is 4.78. The first-order valence-corrected chi connectivity index (χ1v) is 8.44. The fourth-order valence-corrected chi connectivity index (χ4v) is 3.71. The van der Waals surface area contributed by atoms with Gasteiger partial charge in [0.15, 0.2) is 0 Å². The Morgan fingerprint density at radius 3 is 2.58 bits per heavy atom. The molecule has 2 aromatic rings. The van der Waals surface area contributed by atoms with Crippen LogP contribution in [0.2, 0.25) is 0 Å². The van der Waals surface area contributed by atoms with Gasteiger partial charge in [-0.25, -0.2) is 4.98 Å². The molecule has 0 bridgehead atoms. The van der Waals surface area contributed by atoms with E-state index in [0.29, 0.717) is 6.04 Å². The second kappa shape index (κ2) is 6.16. The average molecular weight is 294 g/mol. The van der Waals surface area contributed by atoms with Gasteiger partial charge >= 0.3 is 0 Å². The van der Waals surface area contributed by atoms with Crippen molar-refractivity contribution in [2.75, 3.05) is 7.05 Å². The lowest BCUT2D eigenvalue weighted by Gasteiger charge is -2.15. The summed E-state index contributed by atoms with van der Waals surface area (Å²) in [6, 6.07) is 2.67. The molecule has 0 aliphatic heterocycles. The Morgan fingerprint density at radius 2 is 2.05 bits per heavy atom. The second-order valence-electron chi connectivity index (χ2n) is 5.90. The Bertz CT molecular complexity index is 494. The number of nitrogens with zero attached hydrogens (tertiary/aromatic N) is 1. The molecule has 2 nitrogen and oxygen atoms in total. The van der Waals surface area contributed by atoms with Crippen molar-refractivity contribution >= 4 is 22.7 Å². The molecule has 0 fully saturated rings. The molecule has 1 N–H and O–H groups in total. The Labute approximate surface area is 123 Å². The van der Waals surface area contributed by atoms with Gasteiger partial charge in [0.1, 0.15) is 0 Å². The molecule has 0 saturated carbocycles. The topological polar surface area (TPSA) is 24.9 Å². The number of aromatic nitrogens is 1. The molecule has 1 unspecified atom stereocenters.